The summed E-state index contributed by atoms with van der Waals surface area (Å²) in [4.78, 5) is 10.0. The molecule has 1 aromatic carbocycles. The summed E-state index contributed by atoms with van der Waals surface area (Å²) in [5.74, 6) is -0.575. The molecule has 0 aliphatic heterocycles. The highest BCUT2D eigenvalue weighted by Gasteiger charge is 2.38. The number of nitro groups is 1. The zero-order valence-corrected chi connectivity index (χ0v) is 9.62. The summed E-state index contributed by atoms with van der Waals surface area (Å²) in [7, 11) is 1.32. The summed E-state index contributed by atoms with van der Waals surface area (Å²) in [6.07, 6.45) is 1.93. The van der Waals surface area contributed by atoms with E-state index in [1.807, 2.05) is 6.92 Å². The molecule has 1 N–H and O–H groups in total. The van der Waals surface area contributed by atoms with Gasteiger partial charge in [-0.15, -0.1) is 0 Å². The minimum absolute atomic E-state index is 0.0585. The van der Waals surface area contributed by atoms with Gasteiger partial charge in [0.05, 0.1) is 23.8 Å². The van der Waals surface area contributed by atoms with Gasteiger partial charge in [0.25, 0.3) is 0 Å². The lowest BCUT2D eigenvalue weighted by molar-refractivity contribution is -0.385. The number of hydrogen-bond donors (Lipinski definition) is 1. The standard InChI is InChI=1S/C11H13FN2O3/c1-11(3-4-11)13-8-6-10(17-2)9(14(15)16)5-7(8)12/h5-6,13H,3-4H2,1-2H3. The van der Waals surface area contributed by atoms with E-state index in [0.717, 1.165) is 18.9 Å². The van der Waals surface area contributed by atoms with Crippen LogP contribution in [0.5, 0.6) is 5.75 Å². The predicted molar refractivity (Wildman–Crippen MR) is 60.9 cm³/mol. The molecule has 6 heteroatoms. The molecule has 0 amide bonds. The van der Waals surface area contributed by atoms with Crippen molar-refractivity contribution >= 4 is 11.4 Å². The van der Waals surface area contributed by atoms with Gasteiger partial charge in [-0.3, -0.25) is 10.1 Å². The number of anilines is 1. The summed E-state index contributed by atoms with van der Waals surface area (Å²) in [6.45, 7) is 1.97. The second-order valence-electron chi connectivity index (χ2n) is 4.45. The summed E-state index contributed by atoms with van der Waals surface area (Å²) < 4.78 is 18.6. The smallest absolute Gasteiger partial charge is 0.313 e. The fourth-order valence-corrected chi connectivity index (χ4v) is 1.58. The van der Waals surface area contributed by atoms with Crippen molar-refractivity contribution in [1.82, 2.24) is 0 Å². The zero-order valence-electron chi connectivity index (χ0n) is 9.62. The molecule has 0 unspecified atom stereocenters. The third-order valence-corrected chi connectivity index (χ3v) is 2.90. The van der Waals surface area contributed by atoms with Crippen LogP contribution in [0.1, 0.15) is 19.8 Å². The molecule has 92 valence electrons. The first-order chi connectivity index (χ1) is 7.95. The quantitative estimate of drug-likeness (QED) is 0.649. The number of hydrogen-bond acceptors (Lipinski definition) is 4. The van der Waals surface area contributed by atoms with Crippen molar-refractivity contribution in [2.24, 2.45) is 0 Å². The van der Waals surface area contributed by atoms with E-state index in [0.29, 0.717) is 0 Å². The van der Waals surface area contributed by atoms with Gasteiger partial charge >= 0.3 is 5.69 Å². The first-order valence-electron chi connectivity index (χ1n) is 5.25. The Morgan fingerprint density at radius 3 is 2.65 bits per heavy atom. The summed E-state index contributed by atoms with van der Waals surface area (Å²) in [5.41, 5.74) is -0.217. The van der Waals surface area contributed by atoms with E-state index in [-0.39, 0.29) is 22.7 Å². The minimum Gasteiger partial charge on any atom is -0.490 e. The normalized spacial score (nSPS) is 16.4. The number of benzene rings is 1. The second-order valence-corrected chi connectivity index (χ2v) is 4.45. The number of halogens is 1. The van der Waals surface area contributed by atoms with E-state index in [9.17, 15) is 14.5 Å². The lowest BCUT2D eigenvalue weighted by atomic mass is 10.2. The van der Waals surface area contributed by atoms with Crippen molar-refractivity contribution in [2.75, 3.05) is 12.4 Å². The molecule has 1 saturated carbocycles. The Bertz CT molecular complexity index is 472. The highest BCUT2D eigenvalue weighted by molar-refractivity contribution is 5.60. The number of nitro benzene ring substituents is 1. The average Bonchev–Trinajstić information content (AvgIpc) is 2.98. The summed E-state index contributed by atoms with van der Waals surface area (Å²) in [5, 5.41) is 13.7. The fourth-order valence-electron chi connectivity index (χ4n) is 1.58. The Morgan fingerprint density at radius 1 is 1.53 bits per heavy atom. The molecule has 1 aliphatic carbocycles. The molecule has 1 fully saturated rings. The molecule has 1 aromatic rings. The van der Waals surface area contributed by atoms with Crippen LogP contribution in [-0.2, 0) is 0 Å². The van der Waals surface area contributed by atoms with Crippen molar-refractivity contribution in [3.05, 3.63) is 28.1 Å². The highest BCUT2D eigenvalue weighted by atomic mass is 19.1. The van der Waals surface area contributed by atoms with Crippen LogP contribution in [0.15, 0.2) is 12.1 Å². The largest absolute Gasteiger partial charge is 0.490 e. The van der Waals surface area contributed by atoms with Gasteiger partial charge in [0, 0.05) is 11.6 Å². The van der Waals surface area contributed by atoms with Gasteiger partial charge in [0.1, 0.15) is 0 Å². The fraction of sp³-hybridized carbons (Fsp3) is 0.455. The van der Waals surface area contributed by atoms with E-state index in [1.165, 1.54) is 13.2 Å². The third kappa shape index (κ3) is 2.30. The van der Waals surface area contributed by atoms with Crippen LogP contribution >= 0.6 is 0 Å². The molecule has 0 atom stereocenters. The Morgan fingerprint density at radius 2 is 2.18 bits per heavy atom. The van der Waals surface area contributed by atoms with Crippen molar-refractivity contribution in [3.63, 3.8) is 0 Å². The highest BCUT2D eigenvalue weighted by Crippen LogP contribution is 2.41. The lowest BCUT2D eigenvalue weighted by Gasteiger charge is -2.14. The Hall–Kier alpha value is -1.85. The number of nitrogens with one attached hydrogen (secondary N) is 1. The molecule has 0 heterocycles. The molecule has 0 spiro atoms. The number of nitrogens with zero attached hydrogens (tertiary/aromatic N) is 1. The summed E-state index contributed by atoms with van der Waals surface area (Å²) in [6, 6.07) is 2.21. The van der Waals surface area contributed by atoms with Crippen molar-refractivity contribution in [3.8, 4) is 5.75 Å². The van der Waals surface area contributed by atoms with Gasteiger partial charge in [-0.1, -0.05) is 0 Å². The first-order valence-corrected chi connectivity index (χ1v) is 5.25. The van der Waals surface area contributed by atoms with Gasteiger partial charge in [0.2, 0.25) is 0 Å². The molecule has 2 rings (SSSR count). The molecule has 1 aliphatic rings. The average molecular weight is 240 g/mol. The van der Waals surface area contributed by atoms with Gasteiger partial charge < -0.3 is 10.1 Å². The molecular formula is C11H13FN2O3. The molecule has 17 heavy (non-hydrogen) atoms. The molecule has 5 nitrogen and oxygen atoms in total. The van der Waals surface area contributed by atoms with Gasteiger partial charge in [-0.2, -0.15) is 0 Å². The molecule has 0 bridgehead atoms. The van der Waals surface area contributed by atoms with Gasteiger partial charge in [0.15, 0.2) is 11.6 Å². The Kier molecular flexibility index (Phi) is 2.65. The molecule has 0 radical (unpaired) electrons. The molecular weight excluding hydrogens is 227 g/mol. The maximum Gasteiger partial charge on any atom is 0.313 e. The van der Waals surface area contributed by atoms with Crippen LogP contribution in [0.3, 0.4) is 0 Å². The summed E-state index contributed by atoms with van der Waals surface area (Å²) >= 11 is 0. The van der Waals surface area contributed by atoms with Crippen LogP contribution in [0.4, 0.5) is 15.8 Å². The Labute approximate surface area is 97.7 Å². The van der Waals surface area contributed by atoms with Gasteiger partial charge in [-0.25, -0.2) is 4.39 Å². The van der Waals surface area contributed by atoms with E-state index >= 15 is 0 Å². The van der Waals surface area contributed by atoms with Crippen LogP contribution in [-0.4, -0.2) is 17.6 Å². The third-order valence-electron chi connectivity index (χ3n) is 2.90. The van der Waals surface area contributed by atoms with Gasteiger partial charge in [-0.05, 0) is 19.8 Å². The van der Waals surface area contributed by atoms with E-state index < -0.39 is 10.7 Å². The van der Waals surface area contributed by atoms with E-state index in [2.05, 4.69) is 5.32 Å². The van der Waals surface area contributed by atoms with Crippen molar-refractivity contribution < 1.29 is 14.1 Å². The van der Waals surface area contributed by atoms with Crippen LogP contribution in [0.2, 0.25) is 0 Å². The molecule has 0 saturated heterocycles. The van der Waals surface area contributed by atoms with E-state index in [4.69, 9.17) is 4.74 Å². The van der Waals surface area contributed by atoms with Crippen molar-refractivity contribution in [1.29, 1.82) is 0 Å². The van der Waals surface area contributed by atoms with Crippen LogP contribution < -0.4 is 10.1 Å². The minimum atomic E-state index is -0.662. The Balaban J connectivity index is 2.37. The second kappa shape index (κ2) is 3.87. The first kappa shape index (κ1) is 11.6. The SMILES string of the molecule is COc1cc(NC2(C)CC2)c(F)cc1[N+](=O)[O-]. The predicted octanol–water partition coefficient (Wildman–Crippen LogP) is 2.71. The topological polar surface area (TPSA) is 64.4 Å². The van der Waals surface area contributed by atoms with Crippen LogP contribution in [0.25, 0.3) is 0 Å². The number of rotatable bonds is 4. The van der Waals surface area contributed by atoms with E-state index in [1.54, 1.807) is 0 Å². The maximum absolute atomic E-state index is 13.7. The maximum atomic E-state index is 13.7. The zero-order chi connectivity index (χ0) is 12.6. The number of methoxy groups -OCH3 is 1. The monoisotopic (exact) mass is 240 g/mol. The van der Waals surface area contributed by atoms with Crippen molar-refractivity contribution in [2.45, 2.75) is 25.3 Å². The van der Waals surface area contributed by atoms with Crippen LogP contribution in [0, 0.1) is 15.9 Å². The lowest BCUT2D eigenvalue weighted by Crippen LogP contribution is -2.17. The molecule has 0 aromatic heterocycles. The number of ether oxygens (including phenoxy) is 1.